The molecule has 0 N–H and O–H groups in total. The smallest absolute Gasteiger partial charge is 0.306 e. The number of hydrogen-bond acceptors (Lipinski definition) is 2. The molecule has 0 aliphatic rings. The molecule has 0 spiro atoms. The van der Waals surface area contributed by atoms with Gasteiger partial charge in [0.1, 0.15) is 12.4 Å². The molecular weight excluding hydrogens is 207 g/mol. The van der Waals surface area contributed by atoms with Gasteiger partial charge in [-0.2, -0.15) is 0 Å². The van der Waals surface area contributed by atoms with Gasteiger partial charge in [0, 0.05) is 6.42 Å². The van der Waals surface area contributed by atoms with Crippen molar-refractivity contribution in [2.45, 2.75) is 39.2 Å². The minimum absolute atomic E-state index is 0.155. The summed E-state index contributed by atoms with van der Waals surface area (Å²) in [4.78, 5) is 11.3. The average Bonchev–Trinajstić information content (AvgIpc) is 2.27. The highest BCUT2D eigenvalue weighted by molar-refractivity contribution is 5.69. The maximum Gasteiger partial charge on any atom is 0.306 e. The summed E-state index contributed by atoms with van der Waals surface area (Å²) in [5.74, 6) is -0.516. The molecule has 0 amide bonds. The Morgan fingerprint density at radius 2 is 2.19 bits per heavy atom. The van der Waals surface area contributed by atoms with Crippen molar-refractivity contribution in [1.82, 2.24) is 0 Å². The van der Waals surface area contributed by atoms with Gasteiger partial charge in [-0.05, 0) is 24.1 Å². The Hall–Kier alpha value is -1.38. The molecule has 88 valence electrons. The number of carbonyl (C=O) groups is 1. The van der Waals surface area contributed by atoms with Gasteiger partial charge in [0.2, 0.25) is 0 Å². The summed E-state index contributed by atoms with van der Waals surface area (Å²) in [6.07, 6.45) is 3.42. The number of unbranched alkanes of at least 4 members (excludes halogenated alkanes) is 2. The molecule has 0 bridgehead atoms. The van der Waals surface area contributed by atoms with Crippen molar-refractivity contribution < 1.29 is 13.9 Å². The SMILES string of the molecule is CCCCCC(=O)OCc1cccc(F)c1. The number of halogens is 1. The molecule has 0 heterocycles. The zero-order valence-corrected chi connectivity index (χ0v) is 9.54. The lowest BCUT2D eigenvalue weighted by molar-refractivity contribution is -0.145. The lowest BCUT2D eigenvalue weighted by Gasteiger charge is -2.04. The second-order valence-corrected chi connectivity index (χ2v) is 3.75. The summed E-state index contributed by atoms with van der Waals surface area (Å²) in [7, 11) is 0. The van der Waals surface area contributed by atoms with E-state index < -0.39 is 0 Å². The predicted octanol–water partition coefficient (Wildman–Crippen LogP) is 3.45. The minimum atomic E-state index is -0.306. The Morgan fingerprint density at radius 1 is 1.38 bits per heavy atom. The molecule has 0 aliphatic heterocycles. The summed E-state index contributed by atoms with van der Waals surface area (Å²) in [6, 6.07) is 6.09. The number of esters is 1. The monoisotopic (exact) mass is 224 g/mol. The van der Waals surface area contributed by atoms with E-state index in [9.17, 15) is 9.18 Å². The van der Waals surface area contributed by atoms with Gasteiger partial charge in [-0.25, -0.2) is 4.39 Å². The Labute approximate surface area is 95.4 Å². The fraction of sp³-hybridized carbons (Fsp3) is 0.462. The largest absolute Gasteiger partial charge is 0.461 e. The van der Waals surface area contributed by atoms with Crippen LogP contribution in [0.4, 0.5) is 4.39 Å². The molecule has 0 aromatic heterocycles. The predicted molar refractivity (Wildman–Crippen MR) is 60.3 cm³/mol. The van der Waals surface area contributed by atoms with E-state index in [4.69, 9.17) is 4.74 Å². The molecule has 3 heteroatoms. The zero-order chi connectivity index (χ0) is 11.8. The maximum atomic E-state index is 12.8. The molecule has 1 aromatic rings. The summed E-state index contributed by atoms with van der Waals surface area (Å²) in [6.45, 7) is 2.24. The van der Waals surface area contributed by atoms with Gasteiger partial charge in [0.05, 0.1) is 0 Å². The molecule has 0 saturated heterocycles. The van der Waals surface area contributed by atoms with Crippen molar-refractivity contribution in [1.29, 1.82) is 0 Å². The number of rotatable bonds is 6. The Kier molecular flexibility index (Phi) is 5.54. The van der Waals surface area contributed by atoms with Crippen LogP contribution in [0.5, 0.6) is 0 Å². The maximum absolute atomic E-state index is 12.8. The quantitative estimate of drug-likeness (QED) is 0.546. The first-order chi connectivity index (χ1) is 7.72. The molecule has 1 aromatic carbocycles. The van der Waals surface area contributed by atoms with Crippen LogP contribution in [0, 0.1) is 5.82 Å². The normalized spacial score (nSPS) is 10.1. The van der Waals surface area contributed by atoms with Crippen LogP contribution in [0.3, 0.4) is 0 Å². The van der Waals surface area contributed by atoms with Gasteiger partial charge in [0.15, 0.2) is 0 Å². The van der Waals surface area contributed by atoms with Crippen molar-refractivity contribution in [3.8, 4) is 0 Å². The lowest BCUT2D eigenvalue weighted by Crippen LogP contribution is -2.04. The van der Waals surface area contributed by atoms with Crippen LogP contribution in [0.15, 0.2) is 24.3 Å². The standard InChI is InChI=1S/C13H17FO2/c1-2-3-4-8-13(15)16-10-11-6-5-7-12(14)9-11/h5-7,9H,2-4,8,10H2,1H3. The third kappa shape index (κ3) is 4.91. The van der Waals surface area contributed by atoms with Crippen LogP contribution in [0.2, 0.25) is 0 Å². The molecule has 2 nitrogen and oxygen atoms in total. The fourth-order valence-corrected chi connectivity index (χ4v) is 1.38. The minimum Gasteiger partial charge on any atom is -0.461 e. The summed E-state index contributed by atoms with van der Waals surface area (Å²) in [5.41, 5.74) is 0.684. The van der Waals surface area contributed by atoms with E-state index in [0.717, 1.165) is 19.3 Å². The number of carbonyl (C=O) groups excluding carboxylic acids is 1. The van der Waals surface area contributed by atoms with E-state index in [1.807, 2.05) is 0 Å². The number of ether oxygens (including phenoxy) is 1. The molecular formula is C13H17FO2. The molecule has 1 rings (SSSR count). The average molecular weight is 224 g/mol. The van der Waals surface area contributed by atoms with Crippen molar-refractivity contribution >= 4 is 5.97 Å². The van der Waals surface area contributed by atoms with Gasteiger partial charge in [-0.3, -0.25) is 4.79 Å². The van der Waals surface area contributed by atoms with Crippen molar-refractivity contribution in [2.24, 2.45) is 0 Å². The molecule has 16 heavy (non-hydrogen) atoms. The first-order valence-electron chi connectivity index (χ1n) is 5.62. The second kappa shape index (κ2) is 6.99. The fourth-order valence-electron chi connectivity index (χ4n) is 1.38. The summed E-state index contributed by atoms with van der Waals surface area (Å²) >= 11 is 0. The van der Waals surface area contributed by atoms with Gasteiger partial charge in [0.25, 0.3) is 0 Å². The molecule has 0 atom stereocenters. The first-order valence-corrected chi connectivity index (χ1v) is 5.62. The van der Waals surface area contributed by atoms with Crippen LogP contribution < -0.4 is 0 Å². The number of hydrogen-bond donors (Lipinski definition) is 0. The van der Waals surface area contributed by atoms with E-state index in [0.29, 0.717) is 12.0 Å². The summed E-state index contributed by atoms with van der Waals surface area (Å²) < 4.78 is 17.8. The number of benzene rings is 1. The van der Waals surface area contributed by atoms with Crippen LogP contribution in [-0.2, 0) is 16.1 Å². The Morgan fingerprint density at radius 3 is 2.88 bits per heavy atom. The van der Waals surface area contributed by atoms with E-state index >= 15 is 0 Å². The van der Waals surface area contributed by atoms with E-state index in [-0.39, 0.29) is 18.4 Å². The van der Waals surface area contributed by atoms with E-state index in [2.05, 4.69) is 6.92 Å². The first kappa shape index (κ1) is 12.7. The van der Waals surface area contributed by atoms with Crippen LogP contribution >= 0.6 is 0 Å². The summed E-state index contributed by atoms with van der Waals surface area (Å²) in [5, 5.41) is 0. The highest BCUT2D eigenvalue weighted by Gasteiger charge is 2.03. The molecule has 0 radical (unpaired) electrons. The highest BCUT2D eigenvalue weighted by Crippen LogP contribution is 2.07. The van der Waals surface area contributed by atoms with Crippen molar-refractivity contribution in [2.75, 3.05) is 0 Å². The molecule has 0 fully saturated rings. The van der Waals surface area contributed by atoms with Gasteiger partial charge in [-0.1, -0.05) is 31.9 Å². The van der Waals surface area contributed by atoms with Crippen LogP contribution in [0.25, 0.3) is 0 Å². The molecule has 0 unspecified atom stereocenters. The van der Waals surface area contributed by atoms with Crippen LogP contribution in [0.1, 0.15) is 38.2 Å². The third-order valence-electron chi connectivity index (χ3n) is 2.27. The lowest BCUT2D eigenvalue weighted by atomic mass is 10.2. The molecule has 0 aliphatic carbocycles. The molecule has 0 saturated carbocycles. The Bertz CT molecular complexity index is 336. The van der Waals surface area contributed by atoms with Crippen molar-refractivity contribution in [3.63, 3.8) is 0 Å². The Balaban J connectivity index is 2.26. The third-order valence-corrected chi connectivity index (χ3v) is 2.27. The van der Waals surface area contributed by atoms with Gasteiger partial charge >= 0.3 is 5.97 Å². The second-order valence-electron chi connectivity index (χ2n) is 3.75. The zero-order valence-electron chi connectivity index (χ0n) is 9.54. The topological polar surface area (TPSA) is 26.3 Å². The van der Waals surface area contributed by atoms with E-state index in [1.165, 1.54) is 12.1 Å². The van der Waals surface area contributed by atoms with Crippen molar-refractivity contribution in [3.05, 3.63) is 35.6 Å². The highest BCUT2D eigenvalue weighted by atomic mass is 19.1. The van der Waals surface area contributed by atoms with Gasteiger partial charge < -0.3 is 4.74 Å². The van der Waals surface area contributed by atoms with Gasteiger partial charge in [-0.15, -0.1) is 0 Å². The van der Waals surface area contributed by atoms with E-state index in [1.54, 1.807) is 12.1 Å². The van der Waals surface area contributed by atoms with Crippen LogP contribution in [-0.4, -0.2) is 5.97 Å².